The number of esters is 1. The molecule has 0 amide bonds. The SMILES string of the molecule is C=C(C)[C@@H]1CC[C@]2(NCCN3CCOCC3)CC[C@]3(C)[C@H](CC[C@@H]4[C@@]5(C)CC=C(C6=CC[C@](CF)(C(=O)OCc7ccccc7)CC6)C(C)(C)[C@@H]5CC[C@]43C)[C@@H]12. The Bertz CT molecular complexity index is 1700. The van der Waals surface area contributed by atoms with E-state index >= 15 is 0 Å². The van der Waals surface area contributed by atoms with Gasteiger partial charge in [0.15, 0.2) is 0 Å². The van der Waals surface area contributed by atoms with E-state index < -0.39 is 18.1 Å². The number of ether oxygens (including phenoxy) is 2. The Morgan fingerprint density at radius 1 is 0.911 bits per heavy atom. The summed E-state index contributed by atoms with van der Waals surface area (Å²) in [4.78, 5) is 16.0. The fourth-order valence-electron chi connectivity index (χ4n) is 15.3. The Hall–Kier alpha value is -2.28. The van der Waals surface area contributed by atoms with E-state index in [4.69, 9.17) is 9.47 Å². The van der Waals surface area contributed by atoms with Gasteiger partial charge in [0.25, 0.3) is 0 Å². The lowest BCUT2D eigenvalue weighted by Gasteiger charge is -2.72. The van der Waals surface area contributed by atoms with Crippen LogP contribution >= 0.6 is 0 Å². The first-order chi connectivity index (χ1) is 26.7. The molecule has 5 fully saturated rings. The van der Waals surface area contributed by atoms with Crippen LogP contribution in [0.2, 0.25) is 0 Å². The van der Waals surface area contributed by atoms with Crippen molar-refractivity contribution in [1.82, 2.24) is 10.2 Å². The molecule has 0 spiro atoms. The molecule has 0 radical (unpaired) electrons. The zero-order valence-electron chi connectivity index (χ0n) is 35.8. The Morgan fingerprint density at radius 3 is 2.38 bits per heavy atom. The van der Waals surface area contributed by atoms with Gasteiger partial charge < -0.3 is 14.8 Å². The van der Waals surface area contributed by atoms with Gasteiger partial charge in [-0.15, -0.1) is 0 Å². The third kappa shape index (κ3) is 6.44. The molecule has 56 heavy (non-hydrogen) atoms. The van der Waals surface area contributed by atoms with E-state index in [1.165, 1.54) is 68.1 Å². The molecule has 0 unspecified atom stereocenters. The standard InChI is InChI=1S/C50H73FN2O3/c1-35(2)38-17-24-50(52-27-28-53-29-31-55-32-30-53)26-25-47(6)40(43(38)50)13-14-42-46(5)20-18-39(45(3,4)41(46)19-21-48(42,47)7)37-15-22-49(34-51,23-16-37)44(54)56-33-36-11-9-8-10-12-36/h8-12,15,18,38,40-43,52H,1,13-14,16-17,19-34H2,2-7H3/t38-,40+,41-,42+,43+,46-,47+,48+,49-,50-/m0/s1. The smallest absolute Gasteiger partial charge is 0.315 e. The van der Waals surface area contributed by atoms with Crippen molar-refractivity contribution in [2.24, 2.45) is 56.7 Å². The number of alkyl halides is 1. The van der Waals surface area contributed by atoms with Gasteiger partial charge in [0, 0.05) is 31.7 Å². The van der Waals surface area contributed by atoms with Gasteiger partial charge in [-0.2, -0.15) is 0 Å². The minimum absolute atomic E-state index is 0.0179. The highest BCUT2D eigenvalue weighted by Crippen LogP contribution is 2.76. The molecule has 4 saturated carbocycles. The van der Waals surface area contributed by atoms with Crippen LogP contribution < -0.4 is 5.32 Å². The van der Waals surface area contributed by atoms with Gasteiger partial charge in [0.05, 0.1) is 18.6 Å². The highest BCUT2D eigenvalue weighted by Gasteiger charge is 2.70. The molecule has 1 heterocycles. The van der Waals surface area contributed by atoms with Crippen LogP contribution in [0.25, 0.3) is 0 Å². The number of fused-ring (bicyclic) bond motifs is 7. The number of hydrogen-bond acceptors (Lipinski definition) is 5. The van der Waals surface area contributed by atoms with E-state index in [-0.39, 0.29) is 23.0 Å². The van der Waals surface area contributed by atoms with E-state index in [0.717, 1.165) is 63.7 Å². The summed E-state index contributed by atoms with van der Waals surface area (Å²) in [7, 11) is 0. The van der Waals surface area contributed by atoms with Crippen molar-refractivity contribution in [3.8, 4) is 0 Å². The number of carbonyl (C=O) groups excluding carboxylic acids is 1. The Balaban J connectivity index is 1.01. The maximum Gasteiger partial charge on any atom is 0.315 e. The van der Waals surface area contributed by atoms with E-state index in [1.54, 1.807) is 0 Å². The number of halogens is 1. The summed E-state index contributed by atoms with van der Waals surface area (Å²) in [6, 6.07) is 9.72. The number of allylic oxidation sites excluding steroid dienone is 5. The molecule has 1 aliphatic heterocycles. The highest BCUT2D eigenvalue weighted by atomic mass is 19.1. The average Bonchev–Trinajstić information content (AvgIpc) is 3.58. The van der Waals surface area contributed by atoms with Crippen molar-refractivity contribution >= 4 is 5.97 Å². The summed E-state index contributed by atoms with van der Waals surface area (Å²) in [5.74, 6) is 2.91. The molecule has 6 heteroatoms. The van der Waals surface area contributed by atoms with Crippen molar-refractivity contribution < 1.29 is 18.7 Å². The summed E-state index contributed by atoms with van der Waals surface area (Å²) in [5.41, 5.74) is 5.19. The Morgan fingerprint density at radius 2 is 1.68 bits per heavy atom. The highest BCUT2D eigenvalue weighted by molar-refractivity contribution is 5.78. The molecule has 7 aliphatic rings. The van der Waals surface area contributed by atoms with Crippen LogP contribution in [0.15, 0.2) is 65.8 Å². The molecule has 6 aliphatic carbocycles. The summed E-state index contributed by atoms with van der Waals surface area (Å²) in [6.07, 6.45) is 18.1. The van der Waals surface area contributed by atoms with Gasteiger partial charge in [-0.3, -0.25) is 9.69 Å². The van der Waals surface area contributed by atoms with Gasteiger partial charge in [0.1, 0.15) is 13.3 Å². The third-order valence-corrected chi connectivity index (χ3v) is 18.5. The summed E-state index contributed by atoms with van der Waals surface area (Å²) >= 11 is 0. The van der Waals surface area contributed by atoms with Crippen LogP contribution in [0.1, 0.15) is 124 Å². The van der Waals surface area contributed by atoms with Crippen molar-refractivity contribution in [2.75, 3.05) is 46.1 Å². The molecule has 10 atom stereocenters. The Labute approximate surface area is 338 Å². The molecule has 1 aromatic rings. The van der Waals surface area contributed by atoms with Gasteiger partial charge in [0.2, 0.25) is 0 Å². The molecule has 8 rings (SSSR count). The number of nitrogens with zero attached hydrogens (tertiary/aromatic N) is 1. The molecule has 5 nitrogen and oxygen atoms in total. The maximum atomic E-state index is 14.8. The fourth-order valence-corrected chi connectivity index (χ4v) is 15.3. The average molecular weight is 769 g/mol. The third-order valence-electron chi connectivity index (χ3n) is 18.5. The summed E-state index contributed by atoms with van der Waals surface area (Å²) in [6.45, 7) is 25.7. The number of nitrogens with one attached hydrogen (secondary N) is 1. The molecular formula is C50H73FN2O3. The van der Waals surface area contributed by atoms with Crippen molar-refractivity contribution in [1.29, 1.82) is 0 Å². The molecular weight excluding hydrogens is 696 g/mol. The largest absolute Gasteiger partial charge is 0.460 e. The predicted molar refractivity (Wildman–Crippen MR) is 225 cm³/mol. The van der Waals surface area contributed by atoms with Gasteiger partial charge in [-0.05, 0) is 152 Å². The first kappa shape index (κ1) is 40.5. The van der Waals surface area contributed by atoms with Crippen molar-refractivity contribution in [2.45, 2.75) is 131 Å². The number of morpholine rings is 1. The van der Waals surface area contributed by atoms with E-state index in [0.29, 0.717) is 47.3 Å². The van der Waals surface area contributed by atoms with Crippen LogP contribution in [-0.4, -0.2) is 62.5 Å². The minimum Gasteiger partial charge on any atom is -0.460 e. The molecule has 0 bridgehead atoms. The number of benzene rings is 1. The normalized spacial score (nSPS) is 41.9. The van der Waals surface area contributed by atoms with E-state index in [1.807, 2.05) is 30.3 Å². The first-order valence-corrected chi connectivity index (χ1v) is 22.6. The topological polar surface area (TPSA) is 50.8 Å². The second-order valence-electron chi connectivity index (χ2n) is 21.2. The lowest BCUT2D eigenvalue weighted by molar-refractivity contribution is -0.221. The molecule has 1 N–H and O–H groups in total. The zero-order valence-corrected chi connectivity index (χ0v) is 35.8. The predicted octanol–water partition coefficient (Wildman–Crippen LogP) is 10.7. The molecule has 0 aromatic heterocycles. The van der Waals surface area contributed by atoms with E-state index in [9.17, 15) is 9.18 Å². The van der Waals surface area contributed by atoms with Crippen LogP contribution in [0.5, 0.6) is 0 Å². The van der Waals surface area contributed by atoms with Crippen LogP contribution in [0.4, 0.5) is 4.39 Å². The summed E-state index contributed by atoms with van der Waals surface area (Å²) < 4.78 is 26.1. The lowest BCUT2D eigenvalue weighted by atomic mass is 9.33. The number of hydrogen-bond donors (Lipinski definition) is 1. The molecule has 1 saturated heterocycles. The molecule has 1 aromatic carbocycles. The fraction of sp³-hybridized carbons (Fsp3) is 0.740. The van der Waals surface area contributed by atoms with Crippen LogP contribution in [0, 0.1) is 56.7 Å². The van der Waals surface area contributed by atoms with Gasteiger partial charge in [-0.1, -0.05) is 89.3 Å². The zero-order chi connectivity index (χ0) is 39.6. The van der Waals surface area contributed by atoms with Gasteiger partial charge in [-0.25, -0.2) is 4.39 Å². The Kier molecular flexibility index (Phi) is 10.9. The second kappa shape index (κ2) is 15.1. The second-order valence-corrected chi connectivity index (χ2v) is 21.2. The number of rotatable bonds is 10. The number of carbonyl (C=O) groups is 1. The van der Waals surface area contributed by atoms with Crippen molar-refractivity contribution in [3.63, 3.8) is 0 Å². The monoisotopic (exact) mass is 769 g/mol. The van der Waals surface area contributed by atoms with Gasteiger partial charge >= 0.3 is 5.97 Å². The minimum atomic E-state index is -1.08. The maximum absolute atomic E-state index is 14.8. The van der Waals surface area contributed by atoms with Crippen molar-refractivity contribution in [3.05, 3.63) is 71.3 Å². The van der Waals surface area contributed by atoms with Crippen LogP contribution in [-0.2, 0) is 20.9 Å². The van der Waals surface area contributed by atoms with Crippen LogP contribution in [0.3, 0.4) is 0 Å². The van der Waals surface area contributed by atoms with E-state index in [2.05, 4.69) is 70.5 Å². The molecule has 308 valence electrons. The summed E-state index contributed by atoms with van der Waals surface area (Å²) in [5, 5.41) is 4.31. The lowest BCUT2D eigenvalue weighted by Crippen LogP contribution is -2.68. The quantitative estimate of drug-likeness (QED) is 0.190. The first-order valence-electron chi connectivity index (χ1n) is 22.6.